The van der Waals surface area contributed by atoms with Crippen LogP contribution in [-0.4, -0.2) is 17.1 Å². The number of hydrogen-bond donors (Lipinski definition) is 2. The molecular weight excluding hydrogens is 352 g/mol. The van der Waals surface area contributed by atoms with Gasteiger partial charge in [-0.15, -0.1) is 22.7 Å². The van der Waals surface area contributed by atoms with E-state index in [2.05, 4.69) is 20.8 Å². The Labute approximate surface area is 154 Å². The van der Waals surface area contributed by atoms with Gasteiger partial charge in [0.15, 0.2) is 0 Å². The summed E-state index contributed by atoms with van der Waals surface area (Å²) in [5.74, 6) is 0.0407. The molecule has 0 radical (unpaired) electrons. The fourth-order valence-corrected chi connectivity index (χ4v) is 3.40. The molecule has 7 heteroatoms. The van der Waals surface area contributed by atoms with Gasteiger partial charge < -0.3 is 5.32 Å². The number of carbonyl (C=O) groups excluding carboxylic acids is 1. The highest BCUT2D eigenvalue weighted by Gasteiger charge is 2.05. The van der Waals surface area contributed by atoms with Crippen LogP contribution in [0.4, 0.5) is 10.8 Å². The number of carbonyl (C=O) groups is 1. The number of benzene rings is 1. The number of hydrogen-bond acceptors (Lipinski definition) is 6. The van der Waals surface area contributed by atoms with Crippen molar-refractivity contribution in [3.05, 3.63) is 52.0 Å². The largest absolute Gasteiger partial charge is 0.326 e. The van der Waals surface area contributed by atoms with Gasteiger partial charge in [0.05, 0.1) is 11.9 Å². The van der Waals surface area contributed by atoms with Gasteiger partial charge in [0, 0.05) is 27.9 Å². The number of thiophene rings is 1. The smallest absolute Gasteiger partial charge is 0.224 e. The second kappa shape index (κ2) is 8.55. The van der Waals surface area contributed by atoms with Crippen LogP contribution in [0, 0.1) is 0 Å². The molecule has 25 heavy (non-hydrogen) atoms. The summed E-state index contributed by atoms with van der Waals surface area (Å²) < 4.78 is 0. The SMILES string of the molecule is CCCC(=O)Nc1ccc(-c2csc(NN=Cc3cccs3)n2)cc1. The Bertz CT molecular complexity index is 838. The van der Waals surface area contributed by atoms with Crippen LogP contribution in [0.3, 0.4) is 0 Å². The highest BCUT2D eigenvalue weighted by Crippen LogP contribution is 2.26. The maximum atomic E-state index is 11.6. The normalized spacial score (nSPS) is 10.9. The number of rotatable bonds is 7. The summed E-state index contributed by atoms with van der Waals surface area (Å²) in [5.41, 5.74) is 5.63. The highest BCUT2D eigenvalue weighted by molar-refractivity contribution is 7.14. The molecule has 0 saturated carbocycles. The summed E-state index contributed by atoms with van der Waals surface area (Å²) in [5, 5.41) is 11.8. The number of anilines is 2. The maximum absolute atomic E-state index is 11.6. The Balaban J connectivity index is 1.60. The third kappa shape index (κ3) is 4.98. The van der Waals surface area contributed by atoms with E-state index in [0.717, 1.165) is 33.4 Å². The van der Waals surface area contributed by atoms with Crippen LogP contribution in [0.15, 0.2) is 52.3 Å². The van der Waals surface area contributed by atoms with Gasteiger partial charge in [-0.3, -0.25) is 10.2 Å². The lowest BCUT2D eigenvalue weighted by molar-refractivity contribution is -0.116. The van der Waals surface area contributed by atoms with E-state index in [4.69, 9.17) is 0 Å². The zero-order valence-electron chi connectivity index (χ0n) is 13.7. The molecule has 0 saturated heterocycles. The van der Waals surface area contributed by atoms with Crippen LogP contribution in [-0.2, 0) is 4.79 Å². The molecule has 0 unspecified atom stereocenters. The molecule has 0 fully saturated rings. The Morgan fingerprint density at radius 2 is 2.08 bits per heavy atom. The molecule has 0 aliphatic rings. The average Bonchev–Trinajstić information content (AvgIpc) is 3.28. The zero-order chi connectivity index (χ0) is 17.5. The van der Waals surface area contributed by atoms with E-state index in [0.29, 0.717) is 6.42 Å². The van der Waals surface area contributed by atoms with E-state index in [9.17, 15) is 4.79 Å². The van der Waals surface area contributed by atoms with E-state index in [1.54, 1.807) is 17.6 Å². The molecule has 0 bridgehead atoms. The Morgan fingerprint density at radius 1 is 1.24 bits per heavy atom. The van der Waals surface area contributed by atoms with E-state index < -0.39 is 0 Å². The molecule has 3 aromatic rings. The fraction of sp³-hybridized carbons (Fsp3) is 0.167. The van der Waals surface area contributed by atoms with Gasteiger partial charge in [0.25, 0.3) is 0 Å². The number of thiazole rings is 1. The molecule has 128 valence electrons. The number of nitrogens with one attached hydrogen (secondary N) is 2. The Morgan fingerprint density at radius 3 is 2.80 bits per heavy atom. The van der Waals surface area contributed by atoms with Crippen molar-refractivity contribution in [2.45, 2.75) is 19.8 Å². The minimum Gasteiger partial charge on any atom is -0.326 e. The Kier molecular flexibility index (Phi) is 5.92. The van der Waals surface area contributed by atoms with Gasteiger partial charge in [0.2, 0.25) is 11.0 Å². The summed E-state index contributed by atoms with van der Waals surface area (Å²) >= 11 is 3.13. The molecule has 5 nitrogen and oxygen atoms in total. The van der Waals surface area contributed by atoms with Crippen LogP contribution in [0.25, 0.3) is 11.3 Å². The minimum absolute atomic E-state index is 0.0407. The summed E-state index contributed by atoms with van der Waals surface area (Å²) in [6.45, 7) is 1.99. The molecule has 2 N–H and O–H groups in total. The first kappa shape index (κ1) is 17.3. The first-order chi connectivity index (χ1) is 12.2. The lowest BCUT2D eigenvalue weighted by atomic mass is 10.1. The molecule has 0 aliphatic heterocycles. The first-order valence-electron chi connectivity index (χ1n) is 7.93. The predicted molar refractivity (Wildman–Crippen MR) is 107 cm³/mol. The predicted octanol–water partition coefficient (Wildman–Crippen LogP) is 5.06. The molecule has 0 aliphatic carbocycles. The third-order valence-corrected chi connectivity index (χ3v) is 4.89. The molecule has 1 aromatic carbocycles. The standard InChI is InChI=1S/C18H18N4OS2/c1-2-4-17(23)20-14-8-6-13(7-9-14)16-12-25-18(21-16)22-19-11-15-5-3-10-24-15/h3,5-12H,2,4H2,1H3,(H,20,23)(H,21,22). The van der Waals surface area contributed by atoms with Crippen molar-refractivity contribution in [1.29, 1.82) is 0 Å². The fourth-order valence-electron chi connectivity index (χ4n) is 2.15. The van der Waals surface area contributed by atoms with Gasteiger partial charge >= 0.3 is 0 Å². The van der Waals surface area contributed by atoms with Crippen LogP contribution in [0.5, 0.6) is 0 Å². The molecule has 2 heterocycles. The summed E-state index contributed by atoms with van der Waals surface area (Å²) in [4.78, 5) is 17.2. The van der Waals surface area contributed by atoms with Crippen molar-refractivity contribution < 1.29 is 4.79 Å². The molecule has 3 rings (SSSR count). The van der Waals surface area contributed by atoms with E-state index in [1.165, 1.54) is 11.3 Å². The quantitative estimate of drug-likeness (QED) is 0.451. The topological polar surface area (TPSA) is 66.4 Å². The van der Waals surface area contributed by atoms with Crippen LogP contribution in [0.1, 0.15) is 24.6 Å². The van der Waals surface area contributed by atoms with Gasteiger partial charge in [-0.1, -0.05) is 25.1 Å². The number of aromatic nitrogens is 1. The summed E-state index contributed by atoms with van der Waals surface area (Å²) in [6, 6.07) is 11.7. The molecule has 0 spiro atoms. The van der Waals surface area contributed by atoms with Crippen LogP contribution in [0.2, 0.25) is 0 Å². The molecular formula is C18H18N4OS2. The number of nitrogens with zero attached hydrogens (tertiary/aromatic N) is 2. The second-order valence-electron chi connectivity index (χ2n) is 5.30. The van der Waals surface area contributed by atoms with Crippen molar-refractivity contribution in [1.82, 2.24) is 4.98 Å². The Hall–Kier alpha value is -2.51. The van der Waals surface area contributed by atoms with E-state index in [-0.39, 0.29) is 5.91 Å². The molecule has 2 aromatic heterocycles. The first-order valence-corrected chi connectivity index (χ1v) is 9.69. The lowest BCUT2D eigenvalue weighted by Crippen LogP contribution is -2.10. The van der Waals surface area contributed by atoms with Crippen molar-refractivity contribution in [2.24, 2.45) is 5.10 Å². The van der Waals surface area contributed by atoms with Crippen molar-refractivity contribution in [3.8, 4) is 11.3 Å². The van der Waals surface area contributed by atoms with Gasteiger partial charge in [0.1, 0.15) is 0 Å². The number of hydrazone groups is 1. The van der Waals surface area contributed by atoms with Gasteiger partial charge in [-0.05, 0) is 30.0 Å². The number of amides is 1. The summed E-state index contributed by atoms with van der Waals surface area (Å²) in [6.07, 6.45) is 3.15. The van der Waals surface area contributed by atoms with Crippen molar-refractivity contribution in [2.75, 3.05) is 10.7 Å². The average molecular weight is 371 g/mol. The maximum Gasteiger partial charge on any atom is 0.224 e. The second-order valence-corrected chi connectivity index (χ2v) is 7.14. The summed E-state index contributed by atoms with van der Waals surface area (Å²) in [7, 11) is 0. The zero-order valence-corrected chi connectivity index (χ0v) is 15.4. The van der Waals surface area contributed by atoms with Crippen LogP contribution >= 0.6 is 22.7 Å². The third-order valence-electron chi connectivity index (χ3n) is 3.34. The highest BCUT2D eigenvalue weighted by atomic mass is 32.1. The lowest BCUT2D eigenvalue weighted by Gasteiger charge is -2.04. The van der Waals surface area contributed by atoms with Crippen LogP contribution < -0.4 is 10.7 Å². The van der Waals surface area contributed by atoms with Gasteiger partial charge in [-0.25, -0.2) is 4.98 Å². The van der Waals surface area contributed by atoms with Crippen molar-refractivity contribution in [3.63, 3.8) is 0 Å². The minimum atomic E-state index is 0.0407. The van der Waals surface area contributed by atoms with E-state index >= 15 is 0 Å². The monoisotopic (exact) mass is 370 g/mol. The van der Waals surface area contributed by atoms with Gasteiger partial charge in [-0.2, -0.15) is 5.10 Å². The molecule has 0 atom stereocenters. The van der Waals surface area contributed by atoms with E-state index in [1.807, 2.05) is 54.1 Å². The van der Waals surface area contributed by atoms with Crippen molar-refractivity contribution >= 4 is 45.6 Å². The molecule has 1 amide bonds.